The molecule has 1 aliphatic rings. The van der Waals surface area contributed by atoms with E-state index in [4.69, 9.17) is 14.9 Å². The molecular weight excluding hydrogens is 188 g/mol. The molecule has 3 unspecified atom stereocenters. The Balaban J connectivity index is 2.43. The summed E-state index contributed by atoms with van der Waals surface area (Å²) in [6, 6.07) is 0. The zero-order valence-electron chi connectivity index (χ0n) is 8.26. The summed E-state index contributed by atoms with van der Waals surface area (Å²) in [6.07, 6.45) is -1.11. The standard InChI is InChI=1S/C9H18O5/c1-6-9(14-6,2-7(12)4-10)3-8(13)5-11/h6-8,10-13H,2-5H2,1H3. The molecule has 1 saturated heterocycles. The van der Waals surface area contributed by atoms with Crippen LogP contribution in [0.1, 0.15) is 19.8 Å². The minimum absolute atomic E-state index is 0.0371. The van der Waals surface area contributed by atoms with Crippen LogP contribution < -0.4 is 0 Å². The Bertz CT molecular complexity index is 172. The van der Waals surface area contributed by atoms with Gasteiger partial charge in [0, 0.05) is 12.8 Å². The highest BCUT2D eigenvalue weighted by Gasteiger charge is 2.54. The van der Waals surface area contributed by atoms with Crippen molar-refractivity contribution >= 4 is 0 Å². The normalized spacial score (nSPS) is 35.4. The highest BCUT2D eigenvalue weighted by molar-refractivity contribution is 5.02. The van der Waals surface area contributed by atoms with Gasteiger partial charge in [-0.15, -0.1) is 0 Å². The van der Waals surface area contributed by atoms with E-state index in [2.05, 4.69) is 0 Å². The molecule has 0 aromatic heterocycles. The molecule has 0 aromatic rings. The summed E-state index contributed by atoms with van der Waals surface area (Å²) < 4.78 is 5.31. The third kappa shape index (κ3) is 2.65. The van der Waals surface area contributed by atoms with Gasteiger partial charge in [0.05, 0.1) is 37.1 Å². The molecule has 0 spiro atoms. The maximum Gasteiger partial charge on any atom is 0.0996 e. The number of hydrogen-bond acceptors (Lipinski definition) is 5. The Morgan fingerprint density at radius 2 is 1.50 bits per heavy atom. The highest BCUT2D eigenvalue weighted by Crippen LogP contribution is 2.44. The molecule has 5 nitrogen and oxygen atoms in total. The van der Waals surface area contributed by atoms with Crippen molar-refractivity contribution in [3.63, 3.8) is 0 Å². The molecule has 1 heterocycles. The minimum Gasteiger partial charge on any atom is -0.394 e. The highest BCUT2D eigenvalue weighted by atomic mass is 16.6. The van der Waals surface area contributed by atoms with Crippen molar-refractivity contribution in [2.75, 3.05) is 13.2 Å². The topological polar surface area (TPSA) is 93.5 Å². The van der Waals surface area contributed by atoms with E-state index < -0.39 is 17.8 Å². The van der Waals surface area contributed by atoms with Crippen molar-refractivity contribution in [1.29, 1.82) is 0 Å². The molecule has 3 atom stereocenters. The molecule has 1 fully saturated rings. The van der Waals surface area contributed by atoms with Crippen LogP contribution in [-0.2, 0) is 4.74 Å². The van der Waals surface area contributed by atoms with Gasteiger partial charge in [-0.1, -0.05) is 0 Å². The first-order valence-corrected chi connectivity index (χ1v) is 4.79. The fourth-order valence-corrected chi connectivity index (χ4v) is 1.76. The quantitative estimate of drug-likeness (QED) is 0.402. The number of hydrogen-bond donors (Lipinski definition) is 4. The van der Waals surface area contributed by atoms with E-state index in [9.17, 15) is 10.2 Å². The second-order valence-electron chi connectivity index (χ2n) is 3.91. The predicted octanol–water partition coefficient (Wildman–Crippen LogP) is -1.37. The summed E-state index contributed by atoms with van der Waals surface area (Å²) in [4.78, 5) is 0. The smallest absolute Gasteiger partial charge is 0.0996 e. The molecular formula is C9H18O5. The molecule has 1 aliphatic heterocycles. The van der Waals surface area contributed by atoms with Crippen LogP contribution in [0.25, 0.3) is 0 Å². The van der Waals surface area contributed by atoms with E-state index in [0.717, 1.165) is 0 Å². The van der Waals surface area contributed by atoms with Crippen molar-refractivity contribution in [2.45, 2.75) is 43.7 Å². The summed E-state index contributed by atoms with van der Waals surface area (Å²) in [7, 11) is 0. The fraction of sp³-hybridized carbons (Fsp3) is 1.00. The summed E-state index contributed by atoms with van der Waals surface area (Å²) in [5.41, 5.74) is -0.565. The van der Waals surface area contributed by atoms with Crippen LogP contribution in [0.4, 0.5) is 0 Å². The molecule has 84 valence electrons. The Labute approximate surface area is 82.9 Å². The van der Waals surface area contributed by atoms with Gasteiger partial charge in [-0.3, -0.25) is 0 Å². The van der Waals surface area contributed by atoms with Crippen LogP contribution >= 0.6 is 0 Å². The Kier molecular flexibility index (Phi) is 3.86. The van der Waals surface area contributed by atoms with E-state index in [1.54, 1.807) is 0 Å². The van der Waals surface area contributed by atoms with Crippen LogP contribution in [0.5, 0.6) is 0 Å². The average Bonchev–Trinajstić information content (AvgIpc) is 2.75. The van der Waals surface area contributed by atoms with Gasteiger partial charge in [0.2, 0.25) is 0 Å². The van der Waals surface area contributed by atoms with Crippen molar-refractivity contribution in [3.05, 3.63) is 0 Å². The summed E-state index contributed by atoms with van der Waals surface area (Å²) >= 11 is 0. The number of ether oxygens (including phenoxy) is 1. The molecule has 1 rings (SSSR count). The monoisotopic (exact) mass is 206 g/mol. The molecule has 5 heteroatoms. The number of aliphatic hydroxyl groups excluding tert-OH is 4. The lowest BCUT2D eigenvalue weighted by Gasteiger charge is -2.18. The Morgan fingerprint density at radius 3 is 1.71 bits per heavy atom. The van der Waals surface area contributed by atoms with Crippen LogP contribution in [0.3, 0.4) is 0 Å². The lowest BCUT2D eigenvalue weighted by molar-refractivity contribution is 0.0322. The van der Waals surface area contributed by atoms with Crippen molar-refractivity contribution in [1.82, 2.24) is 0 Å². The van der Waals surface area contributed by atoms with E-state index in [1.165, 1.54) is 0 Å². The zero-order valence-corrected chi connectivity index (χ0v) is 8.26. The average molecular weight is 206 g/mol. The van der Waals surface area contributed by atoms with Crippen LogP contribution in [-0.4, -0.2) is 57.6 Å². The third-order valence-corrected chi connectivity index (χ3v) is 2.68. The van der Waals surface area contributed by atoms with Crippen LogP contribution in [0.2, 0.25) is 0 Å². The van der Waals surface area contributed by atoms with Gasteiger partial charge in [-0.05, 0) is 6.92 Å². The van der Waals surface area contributed by atoms with E-state index in [1.807, 2.05) is 6.92 Å². The first kappa shape index (κ1) is 11.9. The second kappa shape index (κ2) is 4.55. The van der Waals surface area contributed by atoms with E-state index in [-0.39, 0.29) is 19.3 Å². The molecule has 0 amide bonds. The SMILES string of the molecule is CC1OC1(CC(O)CO)CC(O)CO. The molecule has 0 aliphatic carbocycles. The Morgan fingerprint density at radius 1 is 1.14 bits per heavy atom. The molecule has 0 saturated carbocycles. The first-order valence-electron chi connectivity index (χ1n) is 4.79. The van der Waals surface area contributed by atoms with Crippen LogP contribution in [0, 0.1) is 0 Å². The molecule has 0 bridgehead atoms. The van der Waals surface area contributed by atoms with Crippen molar-refractivity contribution in [2.24, 2.45) is 0 Å². The third-order valence-electron chi connectivity index (χ3n) is 2.68. The minimum atomic E-state index is -0.828. The van der Waals surface area contributed by atoms with Gasteiger partial charge in [0.25, 0.3) is 0 Å². The second-order valence-corrected chi connectivity index (χ2v) is 3.91. The summed E-state index contributed by atoms with van der Waals surface area (Å²) in [6.45, 7) is 1.22. The van der Waals surface area contributed by atoms with Gasteiger partial charge in [0.15, 0.2) is 0 Å². The maximum absolute atomic E-state index is 9.26. The largest absolute Gasteiger partial charge is 0.394 e. The lowest BCUT2D eigenvalue weighted by atomic mass is 9.92. The van der Waals surface area contributed by atoms with Crippen molar-refractivity contribution in [3.8, 4) is 0 Å². The molecule has 0 aromatic carbocycles. The first-order chi connectivity index (χ1) is 6.54. The van der Waals surface area contributed by atoms with Gasteiger partial charge < -0.3 is 25.2 Å². The Hall–Kier alpha value is -0.200. The van der Waals surface area contributed by atoms with Gasteiger partial charge in [-0.25, -0.2) is 0 Å². The van der Waals surface area contributed by atoms with Gasteiger partial charge in [-0.2, -0.15) is 0 Å². The summed E-state index contributed by atoms with van der Waals surface area (Å²) in [5, 5.41) is 35.9. The number of epoxide rings is 1. The van der Waals surface area contributed by atoms with Crippen LogP contribution in [0.15, 0.2) is 0 Å². The maximum atomic E-state index is 9.26. The molecule has 0 radical (unpaired) electrons. The molecule has 14 heavy (non-hydrogen) atoms. The van der Waals surface area contributed by atoms with Gasteiger partial charge in [0.1, 0.15) is 0 Å². The predicted molar refractivity (Wildman–Crippen MR) is 48.7 cm³/mol. The number of aliphatic hydroxyl groups is 4. The molecule has 4 N–H and O–H groups in total. The van der Waals surface area contributed by atoms with Gasteiger partial charge >= 0.3 is 0 Å². The van der Waals surface area contributed by atoms with E-state index >= 15 is 0 Å². The van der Waals surface area contributed by atoms with E-state index in [0.29, 0.717) is 12.8 Å². The van der Waals surface area contributed by atoms with Crippen molar-refractivity contribution < 1.29 is 25.2 Å². The number of rotatable bonds is 6. The lowest BCUT2D eigenvalue weighted by Crippen LogP contribution is -2.30. The zero-order chi connectivity index (χ0) is 10.8. The summed E-state index contributed by atoms with van der Waals surface area (Å²) in [5.74, 6) is 0. The fourth-order valence-electron chi connectivity index (χ4n) is 1.76.